The molecule has 0 spiro atoms. The first kappa shape index (κ1) is 20.4. The van der Waals surface area contributed by atoms with E-state index in [0.29, 0.717) is 29.4 Å². The summed E-state index contributed by atoms with van der Waals surface area (Å²) < 4.78 is 21.7. The monoisotopic (exact) mass is 373 g/mol. The van der Waals surface area contributed by atoms with Crippen LogP contribution in [0, 0.1) is 6.92 Å². The number of benzene rings is 2. The lowest BCUT2D eigenvalue weighted by Gasteiger charge is -2.19. The number of hydrogen-bond donors (Lipinski definition) is 1. The number of carbonyl (C=O) groups is 1. The first-order valence-corrected chi connectivity index (χ1v) is 8.82. The van der Waals surface area contributed by atoms with Crippen LogP contribution in [0.25, 0.3) is 0 Å². The van der Waals surface area contributed by atoms with Gasteiger partial charge >= 0.3 is 0 Å². The summed E-state index contributed by atoms with van der Waals surface area (Å²) in [5.41, 5.74) is 1.56. The SMILES string of the molecule is CC[C@H](COc1cccc(C)c1)NC(=O)c1cc(OC)c(OC)c(OC)c1. The maximum absolute atomic E-state index is 12.7. The van der Waals surface area contributed by atoms with Crippen molar-refractivity contribution in [3.05, 3.63) is 47.5 Å². The maximum Gasteiger partial charge on any atom is 0.251 e. The van der Waals surface area contributed by atoms with Gasteiger partial charge in [-0.15, -0.1) is 0 Å². The van der Waals surface area contributed by atoms with Crippen molar-refractivity contribution in [1.29, 1.82) is 0 Å². The molecule has 0 fully saturated rings. The second kappa shape index (κ2) is 9.71. The Morgan fingerprint density at radius 2 is 1.70 bits per heavy atom. The molecular formula is C21H27NO5. The minimum Gasteiger partial charge on any atom is -0.493 e. The maximum atomic E-state index is 12.7. The fourth-order valence-electron chi connectivity index (χ4n) is 2.64. The Morgan fingerprint density at radius 3 is 2.22 bits per heavy atom. The van der Waals surface area contributed by atoms with Crippen molar-refractivity contribution < 1.29 is 23.7 Å². The van der Waals surface area contributed by atoms with Crippen LogP contribution in [0.3, 0.4) is 0 Å². The standard InChI is InChI=1S/C21H27NO5/c1-6-16(13-27-17-9-7-8-14(2)10-17)22-21(23)15-11-18(24-3)20(26-5)19(12-15)25-4/h7-12,16H,6,13H2,1-5H3,(H,22,23)/t16-/m1/s1. The average molecular weight is 373 g/mol. The van der Waals surface area contributed by atoms with Gasteiger partial charge in [0.15, 0.2) is 11.5 Å². The summed E-state index contributed by atoms with van der Waals surface area (Å²) in [4.78, 5) is 12.7. The molecule has 0 saturated heterocycles. The summed E-state index contributed by atoms with van der Waals surface area (Å²) in [5, 5.41) is 2.99. The van der Waals surface area contributed by atoms with Crippen LogP contribution in [-0.4, -0.2) is 39.9 Å². The van der Waals surface area contributed by atoms with Crippen molar-refractivity contribution in [3.8, 4) is 23.0 Å². The zero-order chi connectivity index (χ0) is 19.8. The number of methoxy groups -OCH3 is 3. The van der Waals surface area contributed by atoms with E-state index in [0.717, 1.165) is 17.7 Å². The minimum atomic E-state index is -0.228. The number of aryl methyl sites for hydroxylation is 1. The van der Waals surface area contributed by atoms with Crippen LogP contribution >= 0.6 is 0 Å². The molecule has 1 amide bonds. The Kier molecular flexibility index (Phi) is 7.34. The summed E-state index contributed by atoms with van der Waals surface area (Å²) in [6.45, 7) is 4.40. The molecule has 27 heavy (non-hydrogen) atoms. The van der Waals surface area contributed by atoms with Gasteiger partial charge in [-0.1, -0.05) is 19.1 Å². The van der Waals surface area contributed by atoms with Crippen LogP contribution in [0.15, 0.2) is 36.4 Å². The number of carbonyl (C=O) groups excluding carboxylic acids is 1. The predicted octanol–water partition coefficient (Wildman–Crippen LogP) is 3.61. The van der Waals surface area contributed by atoms with E-state index in [4.69, 9.17) is 18.9 Å². The highest BCUT2D eigenvalue weighted by molar-refractivity contribution is 5.95. The van der Waals surface area contributed by atoms with Crippen molar-refractivity contribution in [1.82, 2.24) is 5.32 Å². The van der Waals surface area contributed by atoms with Crippen molar-refractivity contribution in [2.45, 2.75) is 26.3 Å². The number of ether oxygens (including phenoxy) is 4. The lowest BCUT2D eigenvalue weighted by atomic mass is 10.1. The van der Waals surface area contributed by atoms with Gasteiger partial charge in [-0.3, -0.25) is 4.79 Å². The fraction of sp³-hybridized carbons (Fsp3) is 0.381. The van der Waals surface area contributed by atoms with E-state index in [1.807, 2.05) is 38.1 Å². The molecule has 0 radical (unpaired) electrons. The number of amides is 1. The summed E-state index contributed by atoms with van der Waals surface area (Å²) in [5.74, 6) is 1.88. The molecule has 6 nitrogen and oxygen atoms in total. The molecule has 0 aliphatic rings. The summed E-state index contributed by atoms with van der Waals surface area (Å²) in [6.07, 6.45) is 0.738. The highest BCUT2D eigenvalue weighted by atomic mass is 16.5. The van der Waals surface area contributed by atoms with Crippen molar-refractivity contribution in [2.24, 2.45) is 0 Å². The summed E-state index contributed by atoms with van der Waals surface area (Å²) in [6, 6.07) is 11.0. The molecule has 0 saturated carbocycles. The molecule has 146 valence electrons. The van der Waals surface area contributed by atoms with Crippen molar-refractivity contribution in [3.63, 3.8) is 0 Å². The smallest absolute Gasteiger partial charge is 0.251 e. The Labute approximate surface area is 160 Å². The molecule has 0 unspecified atom stereocenters. The highest BCUT2D eigenvalue weighted by Gasteiger charge is 2.19. The molecule has 2 aromatic carbocycles. The predicted molar refractivity (Wildman–Crippen MR) is 104 cm³/mol. The quantitative estimate of drug-likeness (QED) is 0.727. The minimum absolute atomic E-state index is 0.128. The normalized spacial score (nSPS) is 11.4. The average Bonchev–Trinajstić information content (AvgIpc) is 2.69. The Morgan fingerprint density at radius 1 is 1.04 bits per heavy atom. The van der Waals surface area contributed by atoms with E-state index >= 15 is 0 Å². The van der Waals surface area contributed by atoms with E-state index in [9.17, 15) is 4.79 Å². The van der Waals surface area contributed by atoms with E-state index in [2.05, 4.69) is 5.32 Å². The zero-order valence-electron chi connectivity index (χ0n) is 16.5. The first-order chi connectivity index (χ1) is 13.0. The van der Waals surface area contributed by atoms with Crippen LogP contribution in [-0.2, 0) is 0 Å². The molecule has 0 aliphatic carbocycles. The molecule has 0 bridgehead atoms. The van der Waals surface area contributed by atoms with Crippen LogP contribution in [0.5, 0.6) is 23.0 Å². The van der Waals surface area contributed by atoms with Gasteiger partial charge in [0.25, 0.3) is 5.91 Å². The van der Waals surface area contributed by atoms with E-state index in [1.54, 1.807) is 12.1 Å². The number of rotatable bonds is 9. The zero-order valence-corrected chi connectivity index (χ0v) is 16.5. The van der Waals surface area contributed by atoms with Gasteiger partial charge in [0.1, 0.15) is 12.4 Å². The third-order valence-corrected chi connectivity index (χ3v) is 4.20. The van der Waals surface area contributed by atoms with Gasteiger partial charge in [0.05, 0.1) is 27.4 Å². The Hall–Kier alpha value is -2.89. The van der Waals surface area contributed by atoms with E-state index in [1.165, 1.54) is 21.3 Å². The number of hydrogen-bond acceptors (Lipinski definition) is 5. The Bertz CT molecular complexity index is 750. The van der Waals surface area contributed by atoms with Crippen molar-refractivity contribution in [2.75, 3.05) is 27.9 Å². The fourth-order valence-corrected chi connectivity index (χ4v) is 2.64. The van der Waals surface area contributed by atoms with Gasteiger partial charge < -0.3 is 24.3 Å². The van der Waals surface area contributed by atoms with E-state index < -0.39 is 0 Å². The molecule has 6 heteroatoms. The third-order valence-electron chi connectivity index (χ3n) is 4.20. The summed E-state index contributed by atoms with van der Waals surface area (Å²) in [7, 11) is 4.56. The van der Waals surface area contributed by atoms with Crippen LogP contribution in [0.4, 0.5) is 0 Å². The molecular weight excluding hydrogens is 346 g/mol. The van der Waals surface area contributed by atoms with Crippen LogP contribution in [0.1, 0.15) is 29.3 Å². The van der Waals surface area contributed by atoms with Gasteiger partial charge in [-0.25, -0.2) is 0 Å². The molecule has 1 atom stereocenters. The third kappa shape index (κ3) is 5.29. The topological polar surface area (TPSA) is 66.0 Å². The highest BCUT2D eigenvalue weighted by Crippen LogP contribution is 2.38. The van der Waals surface area contributed by atoms with Gasteiger partial charge in [-0.2, -0.15) is 0 Å². The largest absolute Gasteiger partial charge is 0.493 e. The van der Waals surface area contributed by atoms with Gasteiger partial charge in [-0.05, 0) is 43.2 Å². The lowest BCUT2D eigenvalue weighted by Crippen LogP contribution is -2.38. The molecule has 1 N–H and O–H groups in total. The molecule has 0 aliphatic heterocycles. The first-order valence-electron chi connectivity index (χ1n) is 8.82. The molecule has 0 heterocycles. The van der Waals surface area contributed by atoms with Gasteiger partial charge in [0.2, 0.25) is 5.75 Å². The Balaban J connectivity index is 2.09. The summed E-state index contributed by atoms with van der Waals surface area (Å²) >= 11 is 0. The van der Waals surface area contributed by atoms with E-state index in [-0.39, 0.29) is 11.9 Å². The second-order valence-corrected chi connectivity index (χ2v) is 6.12. The number of nitrogens with one attached hydrogen (secondary N) is 1. The molecule has 2 aromatic rings. The molecule has 0 aromatic heterocycles. The molecule has 2 rings (SSSR count). The van der Waals surface area contributed by atoms with Crippen LogP contribution < -0.4 is 24.3 Å². The van der Waals surface area contributed by atoms with Crippen molar-refractivity contribution >= 4 is 5.91 Å². The second-order valence-electron chi connectivity index (χ2n) is 6.12. The van der Waals surface area contributed by atoms with Gasteiger partial charge in [0, 0.05) is 5.56 Å². The van der Waals surface area contributed by atoms with Crippen LogP contribution in [0.2, 0.25) is 0 Å². The lowest BCUT2D eigenvalue weighted by molar-refractivity contribution is 0.0919.